The van der Waals surface area contributed by atoms with Crippen molar-refractivity contribution in [1.29, 1.82) is 0 Å². The lowest BCUT2D eigenvalue weighted by molar-refractivity contribution is -0.124. The highest BCUT2D eigenvalue weighted by Gasteiger charge is 2.40. The topological polar surface area (TPSA) is 61.4 Å². The van der Waals surface area contributed by atoms with Gasteiger partial charge in [0.15, 0.2) is 0 Å². The molecule has 1 aromatic carbocycles. The van der Waals surface area contributed by atoms with Gasteiger partial charge in [-0.2, -0.15) is 0 Å². The Morgan fingerprint density at radius 1 is 1.41 bits per heavy atom. The third kappa shape index (κ3) is 3.66. The normalized spacial score (nSPS) is 29.9. The number of alkyl halides is 1. The number of anilines is 1. The molecule has 0 radical (unpaired) electrons. The maximum absolute atomic E-state index is 14.7. The fraction of sp³-hybridized carbons (Fsp3) is 0.600. The van der Waals surface area contributed by atoms with E-state index in [-0.39, 0.29) is 18.4 Å². The first-order chi connectivity index (χ1) is 13.0. The van der Waals surface area contributed by atoms with E-state index in [1.165, 1.54) is 5.56 Å². The van der Waals surface area contributed by atoms with Crippen molar-refractivity contribution in [2.75, 3.05) is 30.7 Å². The second-order valence-corrected chi connectivity index (χ2v) is 9.47. The van der Waals surface area contributed by atoms with E-state index in [4.69, 9.17) is 0 Å². The molecule has 4 rings (SSSR count). The zero-order valence-electron chi connectivity index (χ0n) is 15.6. The summed E-state index contributed by atoms with van der Waals surface area (Å²) in [6.07, 6.45) is 2.04. The van der Waals surface area contributed by atoms with Gasteiger partial charge in [0.05, 0.1) is 17.3 Å². The van der Waals surface area contributed by atoms with Gasteiger partial charge in [0.2, 0.25) is 5.91 Å². The summed E-state index contributed by atoms with van der Waals surface area (Å²) >= 11 is 1.65. The Bertz CT molecular complexity index is 751. The van der Waals surface area contributed by atoms with Gasteiger partial charge in [-0.05, 0) is 56.1 Å². The van der Waals surface area contributed by atoms with Gasteiger partial charge < -0.3 is 15.5 Å². The number of halogens is 1. The Kier molecular flexibility index (Phi) is 5.05. The lowest BCUT2D eigenvalue weighted by Crippen LogP contribution is -2.56. The van der Waals surface area contributed by atoms with E-state index >= 15 is 0 Å². The summed E-state index contributed by atoms with van der Waals surface area (Å²) in [6.45, 7) is 3.31. The van der Waals surface area contributed by atoms with Crippen LogP contribution in [0, 0.1) is 0 Å². The van der Waals surface area contributed by atoms with E-state index in [9.17, 15) is 14.0 Å². The summed E-state index contributed by atoms with van der Waals surface area (Å²) in [6, 6.07) is 5.15. The third-order valence-electron chi connectivity index (χ3n) is 5.91. The van der Waals surface area contributed by atoms with Gasteiger partial charge in [-0.1, -0.05) is 6.07 Å². The molecule has 2 saturated heterocycles. The summed E-state index contributed by atoms with van der Waals surface area (Å²) < 4.78 is 14.3. The van der Waals surface area contributed by atoms with Crippen molar-refractivity contribution in [3.8, 4) is 0 Å². The van der Waals surface area contributed by atoms with Gasteiger partial charge in [0, 0.05) is 24.3 Å². The Morgan fingerprint density at radius 2 is 2.26 bits per heavy atom. The van der Waals surface area contributed by atoms with Crippen LogP contribution in [0.25, 0.3) is 0 Å². The number of carbonyl (C=O) groups is 2. The lowest BCUT2D eigenvalue weighted by Gasteiger charge is -2.36. The SMILES string of the molecule is CC1(C(=O)NC2CCN(C(=O)c3ccc4c(c3)NCC4)CC2F)CCCS1. The smallest absolute Gasteiger partial charge is 0.254 e. The zero-order chi connectivity index (χ0) is 19.0. The van der Waals surface area contributed by atoms with E-state index in [1.54, 1.807) is 16.7 Å². The van der Waals surface area contributed by atoms with Crippen LogP contribution >= 0.6 is 11.8 Å². The molecule has 0 saturated carbocycles. The van der Waals surface area contributed by atoms with Crippen LogP contribution in [0.1, 0.15) is 42.1 Å². The van der Waals surface area contributed by atoms with Crippen molar-refractivity contribution in [3.05, 3.63) is 29.3 Å². The first-order valence-corrected chi connectivity index (χ1v) is 10.7. The van der Waals surface area contributed by atoms with Crippen LogP contribution in [0.15, 0.2) is 18.2 Å². The van der Waals surface area contributed by atoms with Crippen molar-refractivity contribution in [2.24, 2.45) is 0 Å². The average molecular weight is 392 g/mol. The van der Waals surface area contributed by atoms with Gasteiger partial charge in [0.1, 0.15) is 6.17 Å². The molecule has 5 nitrogen and oxygen atoms in total. The lowest BCUT2D eigenvalue weighted by atomic mass is 9.99. The van der Waals surface area contributed by atoms with Gasteiger partial charge >= 0.3 is 0 Å². The van der Waals surface area contributed by atoms with Crippen LogP contribution in [0.2, 0.25) is 0 Å². The second kappa shape index (κ2) is 7.34. The summed E-state index contributed by atoms with van der Waals surface area (Å²) in [5, 5.41) is 6.17. The molecule has 3 unspecified atom stereocenters. The minimum Gasteiger partial charge on any atom is -0.384 e. The molecule has 3 aliphatic rings. The van der Waals surface area contributed by atoms with Crippen molar-refractivity contribution in [2.45, 2.75) is 49.6 Å². The van der Waals surface area contributed by atoms with E-state index < -0.39 is 17.0 Å². The molecule has 27 heavy (non-hydrogen) atoms. The van der Waals surface area contributed by atoms with Gasteiger partial charge in [0.25, 0.3) is 5.91 Å². The molecular weight excluding hydrogens is 365 g/mol. The Balaban J connectivity index is 1.37. The largest absolute Gasteiger partial charge is 0.384 e. The molecule has 0 aromatic heterocycles. The Morgan fingerprint density at radius 3 is 3.00 bits per heavy atom. The van der Waals surface area contributed by atoms with Crippen molar-refractivity contribution in [1.82, 2.24) is 10.2 Å². The molecule has 7 heteroatoms. The zero-order valence-corrected chi connectivity index (χ0v) is 16.4. The van der Waals surface area contributed by atoms with E-state index in [0.717, 1.165) is 37.2 Å². The molecule has 0 aliphatic carbocycles. The number of amides is 2. The monoisotopic (exact) mass is 391 g/mol. The fourth-order valence-corrected chi connectivity index (χ4v) is 5.36. The number of thioether (sulfide) groups is 1. The molecule has 146 valence electrons. The average Bonchev–Trinajstić information content (AvgIpc) is 3.31. The number of benzene rings is 1. The number of carbonyl (C=O) groups excluding carboxylic acids is 2. The van der Waals surface area contributed by atoms with Crippen LogP contribution in [-0.2, 0) is 11.2 Å². The quantitative estimate of drug-likeness (QED) is 0.832. The van der Waals surface area contributed by atoms with Crippen LogP contribution < -0.4 is 10.6 Å². The molecule has 2 N–H and O–H groups in total. The molecule has 2 fully saturated rings. The molecule has 0 bridgehead atoms. The maximum Gasteiger partial charge on any atom is 0.254 e. The number of rotatable bonds is 3. The fourth-order valence-electron chi connectivity index (χ4n) is 4.14. The minimum absolute atomic E-state index is 0.0259. The highest BCUT2D eigenvalue weighted by molar-refractivity contribution is 8.01. The number of piperidine rings is 1. The summed E-state index contributed by atoms with van der Waals surface area (Å²) in [7, 11) is 0. The van der Waals surface area contributed by atoms with Crippen LogP contribution in [0.3, 0.4) is 0 Å². The molecule has 3 atom stereocenters. The van der Waals surface area contributed by atoms with Gasteiger partial charge in [-0.25, -0.2) is 4.39 Å². The molecule has 3 aliphatic heterocycles. The van der Waals surface area contributed by atoms with Crippen LogP contribution in [0.4, 0.5) is 10.1 Å². The van der Waals surface area contributed by atoms with Crippen LogP contribution in [0.5, 0.6) is 0 Å². The molecule has 0 spiro atoms. The number of likely N-dealkylation sites (tertiary alicyclic amines) is 1. The first-order valence-electron chi connectivity index (χ1n) is 9.71. The molecule has 3 heterocycles. The predicted molar refractivity (Wildman–Crippen MR) is 106 cm³/mol. The highest BCUT2D eigenvalue weighted by atomic mass is 32.2. The Labute approximate surface area is 163 Å². The number of hydrogen-bond donors (Lipinski definition) is 2. The van der Waals surface area contributed by atoms with Crippen molar-refractivity contribution in [3.63, 3.8) is 0 Å². The number of nitrogens with one attached hydrogen (secondary N) is 2. The highest BCUT2D eigenvalue weighted by Crippen LogP contribution is 2.38. The molecule has 2 amide bonds. The third-order valence-corrected chi connectivity index (χ3v) is 7.43. The Hall–Kier alpha value is -1.76. The molecular formula is C20H26FN3O2S. The standard InChI is InChI=1S/C20H26FN3O2S/c1-20(7-2-10-27-20)19(26)23-16-6-9-24(12-15(16)21)18(25)14-4-3-13-5-8-22-17(13)11-14/h3-4,11,15-16,22H,2,5-10,12H2,1H3,(H,23,26). The summed E-state index contributed by atoms with van der Waals surface area (Å²) in [5.74, 6) is 0.769. The molecule has 1 aromatic rings. The van der Waals surface area contributed by atoms with Crippen molar-refractivity contribution >= 4 is 29.3 Å². The second-order valence-electron chi connectivity index (χ2n) is 7.87. The van der Waals surface area contributed by atoms with Gasteiger partial charge in [-0.15, -0.1) is 11.8 Å². The predicted octanol–water partition coefficient (Wildman–Crippen LogP) is 2.61. The maximum atomic E-state index is 14.7. The first kappa shape index (κ1) is 18.6. The van der Waals surface area contributed by atoms with Crippen LogP contribution in [-0.4, -0.2) is 59.1 Å². The van der Waals surface area contributed by atoms with E-state index in [0.29, 0.717) is 18.5 Å². The van der Waals surface area contributed by atoms with E-state index in [1.807, 2.05) is 25.1 Å². The number of nitrogens with zero attached hydrogens (tertiary/aromatic N) is 1. The van der Waals surface area contributed by atoms with Gasteiger partial charge in [-0.3, -0.25) is 9.59 Å². The number of hydrogen-bond acceptors (Lipinski definition) is 4. The van der Waals surface area contributed by atoms with E-state index in [2.05, 4.69) is 10.6 Å². The van der Waals surface area contributed by atoms with Crippen molar-refractivity contribution < 1.29 is 14.0 Å². The number of fused-ring (bicyclic) bond motifs is 1. The minimum atomic E-state index is -1.24. The summed E-state index contributed by atoms with van der Waals surface area (Å²) in [5.41, 5.74) is 2.81. The summed E-state index contributed by atoms with van der Waals surface area (Å²) in [4.78, 5) is 26.9.